The molecular weight excluding hydrogens is 304 g/mol. The summed E-state index contributed by atoms with van der Waals surface area (Å²) in [5.41, 5.74) is 1.14. The van der Waals surface area contributed by atoms with Gasteiger partial charge in [0.05, 0.1) is 12.6 Å². The molecule has 1 saturated heterocycles. The number of hydrogen-bond acceptors (Lipinski definition) is 4. The second-order valence-corrected chi connectivity index (χ2v) is 6.49. The lowest BCUT2D eigenvalue weighted by Gasteiger charge is -2.32. The zero-order chi connectivity index (χ0) is 16.9. The molecule has 0 spiro atoms. The maximum Gasteiger partial charge on any atom is 0.410 e. The Labute approximate surface area is 142 Å². The van der Waals surface area contributed by atoms with E-state index in [1.165, 1.54) is 0 Å². The highest BCUT2D eigenvalue weighted by Gasteiger charge is 2.28. The first-order valence-corrected chi connectivity index (χ1v) is 8.49. The summed E-state index contributed by atoms with van der Waals surface area (Å²) in [6.45, 7) is 5.91. The van der Waals surface area contributed by atoms with Gasteiger partial charge in [-0.15, -0.1) is 0 Å². The summed E-state index contributed by atoms with van der Waals surface area (Å²) in [5, 5.41) is 0. The molecular formula is C18H24N4O2. The van der Waals surface area contributed by atoms with Gasteiger partial charge in [-0.05, 0) is 38.3 Å². The molecule has 1 fully saturated rings. The summed E-state index contributed by atoms with van der Waals surface area (Å²) in [4.78, 5) is 22.7. The van der Waals surface area contributed by atoms with Crippen LogP contribution in [0.15, 0.2) is 36.9 Å². The first kappa shape index (κ1) is 16.5. The molecule has 1 atom stereocenters. The third-order valence-corrected chi connectivity index (χ3v) is 4.20. The largest absolute Gasteiger partial charge is 0.447 e. The van der Waals surface area contributed by atoms with E-state index in [1.807, 2.05) is 38.5 Å². The van der Waals surface area contributed by atoms with Crippen molar-refractivity contribution >= 4 is 6.09 Å². The van der Waals surface area contributed by atoms with Crippen molar-refractivity contribution in [2.24, 2.45) is 0 Å². The van der Waals surface area contributed by atoms with Gasteiger partial charge in [0.25, 0.3) is 0 Å². The van der Waals surface area contributed by atoms with Crippen molar-refractivity contribution in [1.82, 2.24) is 19.4 Å². The molecule has 0 radical (unpaired) electrons. The van der Waals surface area contributed by atoms with Crippen LogP contribution in [-0.4, -0.2) is 44.7 Å². The van der Waals surface area contributed by atoms with Gasteiger partial charge >= 0.3 is 6.09 Å². The van der Waals surface area contributed by atoms with E-state index in [9.17, 15) is 4.79 Å². The molecule has 0 saturated carbocycles. The number of carbonyl (C=O) groups excluding carboxylic acids is 1. The standard InChI is InChI=1S/C18H24N4O2/c1-14(2)24-18(23)22-9-4-6-16(13-22)17-20-8-10-21(17)12-15-5-3-7-19-11-15/h3,5,7-8,10-11,14,16H,4,6,9,12-13H2,1-2H3/t16-/m0/s1. The second-order valence-electron chi connectivity index (χ2n) is 6.49. The number of ether oxygens (including phenoxy) is 1. The highest BCUT2D eigenvalue weighted by Crippen LogP contribution is 2.26. The summed E-state index contributed by atoms with van der Waals surface area (Å²) >= 11 is 0. The third-order valence-electron chi connectivity index (χ3n) is 4.20. The molecule has 128 valence electrons. The van der Waals surface area contributed by atoms with Gasteiger partial charge in [0.1, 0.15) is 5.82 Å². The summed E-state index contributed by atoms with van der Waals surface area (Å²) in [5.74, 6) is 1.27. The normalized spacial score (nSPS) is 18.0. The van der Waals surface area contributed by atoms with E-state index in [2.05, 4.69) is 20.6 Å². The zero-order valence-electron chi connectivity index (χ0n) is 14.3. The molecule has 6 heteroatoms. The van der Waals surface area contributed by atoms with E-state index >= 15 is 0 Å². The number of imidazole rings is 1. The number of rotatable bonds is 4. The van der Waals surface area contributed by atoms with Crippen LogP contribution in [0.5, 0.6) is 0 Å². The maximum absolute atomic E-state index is 12.2. The minimum absolute atomic E-state index is 0.0922. The minimum atomic E-state index is -0.222. The SMILES string of the molecule is CC(C)OC(=O)N1CCC[C@H](c2nccn2Cc2cccnc2)C1. The number of aromatic nitrogens is 3. The van der Waals surface area contributed by atoms with Crippen molar-refractivity contribution < 1.29 is 9.53 Å². The van der Waals surface area contributed by atoms with Crippen molar-refractivity contribution in [2.45, 2.75) is 45.3 Å². The molecule has 2 aromatic heterocycles. The number of piperidine rings is 1. The maximum atomic E-state index is 12.2. The molecule has 6 nitrogen and oxygen atoms in total. The van der Waals surface area contributed by atoms with Crippen molar-refractivity contribution in [3.8, 4) is 0 Å². The molecule has 1 amide bonds. The van der Waals surface area contributed by atoms with E-state index in [0.717, 1.165) is 37.3 Å². The number of pyridine rings is 1. The van der Waals surface area contributed by atoms with E-state index in [0.29, 0.717) is 6.54 Å². The molecule has 2 aromatic rings. The highest BCUT2D eigenvalue weighted by molar-refractivity contribution is 5.68. The van der Waals surface area contributed by atoms with Crippen molar-refractivity contribution in [3.05, 3.63) is 48.3 Å². The Morgan fingerprint density at radius 3 is 3.04 bits per heavy atom. The Morgan fingerprint density at radius 1 is 1.42 bits per heavy atom. The Bertz CT molecular complexity index is 669. The summed E-state index contributed by atoms with van der Waals surface area (Å²) in [6, 6.07) is 4.00. The van der Waals surface area contributed by atoms with Crippen LogP contribution in [0.25, 0.3) is 0 Å². The predicted octanol–water partition coefficient (Wildman–Crippen LogP) is 3.05. The molecule has 0 bridgehead atoms. The fraction of sp³-hybridized carbons (Fsp3) is 0.500. The van der Waals surface area contributed by atoms with Crippen LogP contribution in [0.2, 0.25) is 0 Å². The van der Waals surface area contributed by atoms with E-state index < -0.39 is 0 Å². The van der Waals surface area contributed by atoms with Crippen LogP contribution >= 0.6 is 0 Å². The molecule has 1 aliphatic heterocycles. The lowest BCUT2D eigenvalue weighted by molar-refractivity contribution is 0.0675. The second kappa shape index (κ2) is 7.47. The van der Waals surface area contributed by atoms with Gasteiger partial charge in [0, 0.05) is 43.8 Å². The molecule has 3 heterocycles. The lowest BCUT2D eigenvalue weighted by atomic mass is 9.97. The molecule has 1 aliphatic rings. The van der Waals surface area contributed by atoms with Crippen LogP contribution in [0.4, 0.5) is 4.79 Å². The Kier molecular flexibility index (Phi) is 5.13. The van der Waals surface area contributed by atoms with Crippen LogP contribution in [0, 0.1) is 0 Å². The predicted molar refractivity (Wildman–Crippen MR) is 90.7 cm³/mol. The van der Waals surface area contributed by atoms with Crippen LogP contribution < -0.4 is 0 Å². The van der Waals surface area contributed by atoms with Crippen molar-refractivity contribution in [2.75, 3.05) is 13.1 Å². The fourth-order valence-electron chi connectivity index (χ4n) is 3.13. The van der Waals surface area contributed by atoms with Crippen molar-refractivity contribution in [1.29, 1.82) is 0 Å². The van der Waals surface area contributed by atoms with Crippen LogP contribution in [0.1, 0.15) is 44.0 Å². The van der Waals surface area contributed by atoms with Gasteiger partial charge in [-0.1, -0.05) is 6.07 Å². The topological polar surface area (TPSA) is 60.2 Å². The number of nitrogens with zero attached hydrogens (tertiary/aromatic N) is 4. The molecule has 0 aromatic carbocycles. The van der Waals surface area contributed by atoms with Gasteiger partial charge in [0.15, 0.2) is 0 Å². The average Bonchev–Trinajstić information content (AvgIpc) is 3.03. The number of hydrogen-bond donors (Lipinski definition) is 0. The molecule has 3 rings (SSSR count). The van der Waals surface area contributed by atoms with Gasteiger partial charge in [-0.3, -0.25) is 4.98 Å². The number of likely N-dealkylation sites (tertiary alicyclic amines) is 1. The van der Waals surface area contributed by atoms with Gasteiger partial charge in [-0.25, -0.2) is 9.78 Å². The van der Waals surface area contributed by atoms with Crippen LogP contribution in [-0.2, 0) is 11.3 Å². The first-order chi connectivity index (χ1) is 11.6. The molecule has 24 heavy (non-hydrogen) atoms. The summed E-state index contributed by atoms with van der Waals surface area (Å²) in [7, 11) is 0. The highest BCUT2D eigenvalue weighted by atomic mass is 16.6. The van der Waals surface area contributed by atoms with E-state index in [4.69, 9.17) is 4.74 Å². The fourth-order valence-corrected chi connectivity index (χ4v) is 3.13. The zero-order valence-corrected chi connectivity index (χ0v) is 14.3. The molecule has 0 aliphatic carbocycles. The third kappa shape index (κ3) is 3.93. The summed E-state index contributed by atoms with van der Waals surface area (Å²) in [6.07, 6.45) is 9.16. The minimum Gasteiger partial charge on any atom is -0.447 e. The van der Waals surface area contributed by atoms with Gasteiger partial charge < -0.3 is 14.2 Å². The van der Waals surface area contributed by atoms with E-state index in [1.54, 1.807) is 11.1 Å². The lowest BCUT2D eigenvalue weighted by Crippen LogP contribution is -2.40. The van der Waals surface area contributed by atoms with Gasteiger partial charge in [0.2, 0.25) is 0 Å². The van der Waals surface area contributed by atoms with Crippen LogP contribution in [0.3, 0.4) is 0 Å². The Balaban J connectivity index is 1.70. The Hall–Kier alpha value is -2.37. The van der Waals surface area contributed by atoms with Gasteiger partial charge in [-0.2, -0.15) is 0 Å². The van der Waals surface area contributed by atoms with Crippen molar-refractivity contribution in [3.63, 3.8) is 0 Å². The first-order valence-electron chi connectivity index (χ1n) is 8.49. The van der Waals surface area contributed by atoms with E-state index in [-0.39, 0.29) is 18.1 Å². The smallest absolute Gasteiger partial charge is 0.410 e. The summed E-state index contributed by atoms with van der Waals surface area (Å²) < 4.78 is 7.48. The molecule has 0 unspecified atom stereocenters. The average molecular weight is 328 g/mol. The number of carbonyl (C=O) groups is 1. The monoisotopic (exact) mass is 328 g/mol. The number of amides is 1. The quantitative estimate of drug-likeness (QED) is 0.865. The molecule has 0 N–H and O–H groups in total. The Morgan fingerprint density at radius 2 is 2.29 bits per heavy atom.